The van der Waals surface area contributed by atoms with Gasteiger partial charge in [-0.15, -0.1) is 0 Å². The summed E-state index contributed by atoms with van der Waals surface area (Å²) in [6, 6.07) is 1.42. The Bertz CT molecular complexity index is 385. The molecule has 0 aliphatic rings. The Kier molecular flexibility index (Phi) is 4.99. The summed E-state index contributed by atoms with van der Waals surface area (Å²) in [5, 5.41) is 9.29. The van der Waals surface area contributed by atoms with E-state index in [1.807, 2.05) is 6.92 Å². The van der Waals surface area contributed by atoms with Crippen molar-refractivity contribution in [2.45, 2.75) is 6.92 Å². The molecule has 1 N–H and O–H groups in total. The van der Waals surface area contributed by atoms with Crippen molar-refractivity contribution in [2.24, 2.45) is 0 Å². The maximum absolute atomic E-state index is 12.0. The fourth-order valence-corrected chi connectivity index (χ4v) is 1.61. The van der Waals surface area contributed by atoms with Crippen molar-refractivity contribution < 1.29 is 9.90 Å². The fourth-order valence-electron chi connectivity index (χ4n) is 1.27. The third-order valence-corrected chi connectivity index (χ3v) is 2.60. The van der Waals surface area contributed by atoms with Gasteiger partial charge in [0.05, 0.1) is 17.2 Å². The van der Waals surface area contributed by atoms with Crippen LogP contribution in [0.25, 0.3) is 0 Å². The molecule has 6 heteroatoms. The summed E-state index contributed by atoms with van der Waals surface area (Å²) in [4.78, 5) is 17.2. The molecule has 0 radical (unpaired) electrons. The van der Waals surface area contributed by atoms with Gasteiger partial charge in [0.25, 0.3) is 5.91 Å². The normalized spacial score (nSPS) is 10.2. The van der Waals surface area contributed by atoms with Crippen LogP contribution in [0.1, 0.15) is 17.3 Å². The summed E-state index contributed by atoms with van der Waals surface area (Å²) in [5.74, 6) is -0.258. The molecule has 0 bridgehead atoms. The number of amides is 1. The average Bonchev–Trinajstić information content (AvgIpc) is 2.28. The van der Waals surface area contributed by atoms with E-state index in [2.05, 4.69) is 4.98 Å². The van der Waals surface area contributed by atoms with Crippen LogP contribution in [-0.2, 0) is 0 Å². The van der Waals surface area contributed by atoms with E-state index >= 15 is 0 Å². The van der Waals surface area contributed by atoms with Gasteiger partial charge in [0.1, 0.15) is 5.15 Å². The number of carbonyl (C=O) groups is 1. The summed E-state index contributed by atoms with van der Waals surface area (Å²) < 4.78 is 0. The maximum atomic E-state index is 12.0. The zero-order valence-electron chi connectivity index (χ0n) is 8.78. The lowest BCUT2D eigenvalue weighted by molar-refractivity contribution is 0.0732. The zero-order chi connectivity index (χ0) is 12.1. The number of rotatable bonds is 4. The van der Waals surface area contributed by atoms with Crippen molar-refractivity contribution in [1.29, 1.82) is 0 Å². The quantitative estimate of drug-likeness (QED) is 0.843. The highest BCUT2D eigenvalue weighted by molar-refractivity contribution is 6.35. The molecule has 0 unspecified atom stereocenters. The number of halogens is 2. The van der Waals surface area contributed by atoms with Gasteiger partial charge in [-0.25, -0.2) is 4.98 Å². The Labute approximate surface area is 104 Å². The third kappa shape index (κ3) is 3.07. The first-order valence-corrected chi connectivity index (χ1v) is 5.57. The molecule has 0 aromatic carbocycles. The SMILES string of the molecule is CCN(CCO)C(=O)c1cc(Cl)ncc1Cl. The minimum absolute atomic E-state index is 0.0873. The second kappa shape index (κ2) is 6.03. The highest BCUT2D eigenvalue weighted by Gasteiger charge is 2.17. The summed E-state index contributed by atoms with van der Waals surface area (Å²) in [7, 11) is 0. The monoisotopic (exact) mass is 262 g/mol. The van der Waals surface area contributed by atoms with Crippen LogP contribution >= 0.6 is 23.2 Å². The maximum Gasteiger partial charge on any atom is 0.255 e. The number of nitrogens with zero attached hydrogens (tertiary/aromatic N) is 2. The van der Waals surface area contributed by atoms with Gasteiger partial charge in [-0.3, -0.25) is 4.79 Å². The van der Waals surface area contributed by atoms with Crippen molar-refractivity contribution in [2.75, 3.05) is 19.7 Å². The number of aromatic nitrogens is 1. The van der Waals surface area contributed by atoms with Crippen molar-refractivity contribution >= 4 is 29.1 Å². The van der Waals surface area contributed by atoms with Gasteiger partial charge in [0.2, 0.25) is 0 Å². The first kappa shape index (κ1) is 13.2. The molecule has 1 aromatic rings. The van der Waals surface area contributed by atoms with Gasteiger partial charge in [0.15, 0.2) is 0 Å². The van der Waals surface area contributed by atoms with Gasteiger partial charge in [0, 0.05) is 19.3 Å². The van der Waals surface area contributed by atoms with Gasteiger partial charge in [-0.05, 0) is 13.0 Å². The summed E-state index contributed by atoms with van der Waals surface area (Å²) in [6.07, 6.45) is 1.34. The third-order valence-electron chi connectivity index (χ3n) is 2.09. The smallest absolute Gasteiger partial charge is 0.255 e. The molecular weight excluding hydrogens is 251 g/mol. The van der Waals surface area contributed by atoms with Crippen LogP contribution in [0.3, 0.4) is 0 Å². The fraction of sp³-hybridized carbons (Fsp3) is 0.400. The minimum atomic E-state index is -0.258. The van der Waals surface area contributed by atoms with Gasteiger partial charge in [-0.2, -0.15) is 0 Å². The number of aliphatic hydroxyl groups excluding tert-OH is 1. The van der Waals surface area contributed by atoms with Gasteiger partial charge >= 0.3 is 0 Å². The topological polar surface area (TPSA) is 53.4 Å². The Morgan fingerprint density at radius 2 is 2.25 bits per heavy atom. The first-order valence-electron chi connectivity index (χ1n) is 4.81. The van der Waals surface area contributed by atoms with Crippen LogP contribution in [0.15, 0.2) is 12.3 Å². The molecule has 0 fully saturated rings. The predicted molar refractivity (Wildman–Crippen MR) is 62.9 cm³/mol. The van der Waals surface area contributed by atoms with E-state index < -0.39 is 0 Å². The number of pyridine rings is 1. The van der Waals surface area contributed by atoms with Crippen molar-refractivity contribution in [3.63, 3.8) is 0 Å². The summed E-state index contributed by atoms with van der Waals surface area (Å²) in [6.45, 7) is 2.50. The Morgan fingerprint density at radius 1 is 1.56 bits per heavy atom. The Balaban J connectivity index is 2.98. The van der Waals surface area contributed by atoms with E-state index in [9.17, 15) is 4.79 Å². The molecule has 0 aliphatic heterocycles. The molecule has 1 aromatic heterocycles. The molecule has 4 nitrogen and oxygen atoms in total. The lowest BCUT2D eigenvalue weighted by Gasteiger charge is -2.20. The number of likely N-dealkylation sites (N-methyl/N-ethyl adjacent to an activating group) is 1. The van der Waals surface area contributed by atoms with E-state index in [0.29, 0.717) is 12.1 Å². The van der Waals surface area contributed by atoms with Crippen molar-refractivity contribution in [3.05, 3.63) is 28.0 Å². The number of aliphatic hydroxyl groups is 1. The lowest BCUT2D eigenvalue weighted by atomic mass is 10.2. The van der Waals surface area contributed by atoms with E-state index in [1.165, 1.54) is 17.2 Å². The molecule has 0 saturated heterocycles. The predicted octanol–water partition coefficient (Wildman–Crippen LogP) is 1.84. The molecule has 1 rings (SSSR count). The molecule has 0 aliphatic carbocycles. The van der Waals surface area contributed by atoms with Crippen LogP contribution in [0.5, 0.6) is 0 Å². The largest absolute Gasteiger partial charge is 0.395 e. The standard InChI is InChI=1S/C10H12Cl2N2O2/c1-2-14(3-4-15)10(16)7-5-9(12)13-6-8(7)11/h5-6,15H,2-4H2,1H3. The molecular formula is C10H12Cl2N2O2. The average molecular weight is 263 g/mol. The Hall–Kier alpha value is -0.840. The lowest BCUT2D eigenvalue weighted by Crippen LogP contribution is -2.33. The van der Waals surface area contributed by atoms with E-state index in [4.69, 9.17) is 28.3 Å². The van der Waals surface area contributed by atoms with Crippen LogP contribution in [-0.4, -0.2) is 40.6 Å². The summed E-state index contributed by atoms with van der Waals surface area (Å²) in [5.41, 5.74) is 0.303. The highest BCUT2D eigenvalue weighted by Crippen LogP contribution is 2.19. The molecule has 0 saturated carbocycles. The molecule has 0 spiro atoms. The van der Waals surface area contributed by atoms with Crippen LogP contribution in [0, 0.1) is 0 Å². The highest BCUT2D eigenvalue weighted by atomic mass is 35.5. The van der Waals surface area contributed by atoms with Gasteiger partial charge in [-0.1, -0.05) is 23.2 Å². The van der Waals surface area contributed by atoms with Crippen molar-refractivity contribution in [3.8, 4) is 0 Å². The van der Waals surface area contributed by atoms with E-state index in [0.717, 1.165) is 0 Å². The molecule has 1 heterocycles. The second-order valence-electron chi connectivity index (χ2n) is 3.10. The summed E-state index contributed by atoms with van der Waals surface area (Å²) >= 11 is 11.6. The minimum Gasteiger partial charge on any atom is -0.395 e. The van der Waals surface area contributed by atoms with E-state index in [-0.39, 0.29) is 29.2 Å². The van der Waals surface area contributed by atoms with Crippen LogP contribution < -0.4 is 0 Å². The van der Waals surface area contributed by atoms with Crippen LogP contribution in [0.4, 0.5) is 0 Å². The molecule has 1 amide bonds. The van der Waals surface area contributed by atoms with Gasteiger partial charge < -0.3 is 10.0 Å². The molecule has 0 atom stereocenters. The zero-order valence-corrected chi connectivity index (χ0v) is 10.3. The number of carbonyl (C=O) groups excluding carboxylic acids is 1. The van der Waals surface area contributed by atoms with E-state index in [1.54, 1.807) is 0 Å². The molecule has 88 valence electrons. The van der Waals surface area contributed by atoms with Crippen LogP contribution in [0.2, 0.25) is 10.2 Å². The van der Waals surface area contributed by atoms with Crippen molar-refractivity contribution in [1.82, 2.24) is 9.88 Å². The molecule has 16 heavy (non-hydrogen) atoms. The first-order chi connectivity index (χ1) is 7.60. The Morgan fingerprint density at radius 3 is 2.81 bits per heavy atom. The number of hydrogen-bond donors (Lipinski definition) is 1. The number of hydrogen-bond acceptors (Lipinski definition) is 3. The second-order valence-corrected chi connectivity index (χ2v) is 3.89.